The minimum atomic E-state index is -2.97. The van der Waals surface area contributed by atoms with Crippen molar-refractivity contribution in [2.45, 2.75) is 80.2 Å². The number of carbonyl (C=O) groups excluding carboxylic acids is 3. The molecule has 0 aliphatic carbocycles. The van der Waals surface area contributed by atoms with Gasteiger partial charge in [-0.2, -0.15) is 0 Å². The van der Waals surface area contributed by atoms with Crippen molar-refractivity contribution in [1.82, 2.24) is 45.6 Å². The molecule has 0 saturated carbocycles. The number of hydrogen-bond donors (Lipinski definition) is 6. The number of benzene rings is 3. The third-order valence-corrected chi connectivity index (χ3v) is 20.3. The smallest absolute Gasteiger partial charge is 0.338 e. The number of ether oxygens (including phenoxy) is 3. The Bertz CT molecular complexity index is 4000. The third kappa shape index (κ3) is 17.8. The van der Waals surface area contributed by atoms with Gasteiger partial charge in [-0.15, -0.1) is 34.0 Å². The molecular weight excluding hydrogens is 1490 g/mol. The van der Waals surface area contributed by atoms with Crippen molar-refractivity contribution in [3.63, 3.8) is 0 Å². The summed E-state index contributed by atoms with van der Waals surface area (Å²) in [5.41, 5.74) is 2.62. The highest BCUT2D eigenvalue weighted by Gasteiger charge is 2.49. The Labute approximate surface area is 604 Å². The molecule has 534 valence electrons. The van der Waals surface area contributed by atoms with Crippen molar-refractivity contribution in [3.05, 3.63) is 186 Å². The third-order valence-electron chi connectivity index (χ3n) is 16.5. The second-order valence-corrected chi connectivity index (χ2v) is 28.1. The number of esters is 3. The Balaban J connectivity index is 0.000000162. The number of nitrogens with zero attached hydrogens (tertiary/aromatic N) is 9. The van der Waals surface area contributed by atoms with Crippen LogP contribution in [-0.2, 0) is 28.6 Å². The van der Waals surface area contributed by atoms with Gasteiger partial charge in [0.05, 0.1) is 77.0 Å². The van der Waals surface area contributed by atoms with Crippen molar-refractivity contribution in [1.29, 1.82) is 0 Å². The van der Waals surface area contributed by atoms with Crippen LogP contribution in [0.4, 0.5) is 30.7 Å². The Morgan fingerprint density at radius 3 is 1.12 bits per heavy atom. The van der Waals surface area contributed by atoms with Crippen LogP contribution in [-0.4, -0.2) is 196 Å². The molecule has 3 aromatic carbocycles. The maximum Gasteiger partial charge on any atom is 0.338 e. The Hall–Kier alpha value is -6.69. The van der Waals surface area contributed by atoms with Crippen LogP contribution in [0.25, 0.3) is 0 Å². The lowest BCUT2D eigenvalue weighted by Gasteiger charge is -2.31. The van der Waals surface area contributed by atoms with Gasteiger partial charge >= 0.3 is 17.9 Å². The summed E-state index contributed by atoms with van der Waals surface area (Å²) in [5, 5.41) is 46.6. The van der Waals surface area contributed by atoms with Crippen LogP contribution in [0.15, 0.2) is 138 Å². The summed E-state index contributed by atoms with van der Waals surface area (Å²) in [6.45, 7) is -1.44. The molecule has 3 fully saturated rings. The molecule has 0 radical (unpaired) electrons. The topological polar surface area (TPSA) is 261 Å². The van der Waals surface area contributed by atoms with Gasteiger partial charge < -0.3 is 45.5 Å². The summed E-state index contributed by atoms with van der Waals surface area (Å²) in [6, 6.07) is 8.33. The lowest BCUT2D eigenvalue weighted by Crippen LogP contribution is -2.42. The van der Waals surface area contributed by atoms with Crippen molar-refractivity contribution in [2.24, 2.45) is 15.0 Å². The average Bonchev–Trinajstić information content (AvgIpc) is 1.16. The second kappa shape index (κ2) is 32.7. The molecule has 6 aromatic rings. The Kier molecular flexibility index (Phi) is 24.9. The first kappa shape index (κ1) is 76.0. The molecule has 6 atom stereocenters. The maximum absolute atomic E-state index is 14.2. The van der Waals surface area contributed by atoms with Gasteiger partial charge in [0, 0.05) is 151 Å². The summed E-state index contributed by atoms with van der Waals surface area (Å²) in [5.74, 6) is -10.4. The molecule has 36 heteroatoms. The molecule has 21 nitrogen and oxygen atoms in total. The van der Waals surface area contributed by atoms with E-state index in [9.17, 15) is 60.4 Å². The molecule has 9 heterocycles. The quantitative estimate of drug-likeness (QED) is 0.0250. The zero-order chi connectivity index (χ0) is 72.0. The summed E-state index contributed by atoms with van der Waals surface area (Å²) >= 11 is 35.3. The van der Waals surface area contributed by atoms with Crippen molar-refractivity contribution in [2.75, 3.05) is 79.9 Å². The van der Waals surface area contributed by atoms with Crippen LogP contribution in [0.3, 0.4) is 0 Å². The van der Waals surface area contributed by atoms with Gasteiger partial charge in [0.25, 0.3) is 17.8 Å². The van der Waals surface area contributed by atoms with E-state index in [-0.39, 0.29) is 53.7 Å². The van der Waals surface area contributed by atoms with Gasteiger partial charge in [0.2, 0.25) is 0 Å². The number of aliphatic imine (C=N–C) groups is 3. The van der Waals surface area contributed by atoms with E-state index in [1.807, 2.05) is 0 Å². The highest BCUT2D eigenvalue weighted by Crippen LogP contribution is 2.43. The van der Waals surface area contributed by atoms with Gasteiger partial charge in [0.15, 0.2) is 32.5 Å². The number of halogens is 12. The zero-order valence-electron chi connectivity index (χ0n) is 52.9. The molecule has 3 aromatic heterocycles. The van der Waals surface area contributed by atoms with Gasteiger partial charge in [-0.05, 0) is 43.3 Å². The number of carbonyl (C=O) groups is 3. The normalized spacial score (nSPS) is 22.7. The van der Waals surface area contributed by atoms with Gasteiger partial charge in [-0.1, -0.05) is 76.2 Å². The number of aromatic nitrogens is 3. The first-order valence-electron chi connectivity index (χ1n) is 30.5. The zero-order valence-corrected chi connectivity index (χ0v) is 59.1. The summed E-state index contributed by atoms with van der Waals surface area (Å²) < 4.78 is 114. The average molecular weight is 1550 g/mol. The molecule has 0 unspecified atom stereocenters. The number of alkyl halides is 6. The van der Waals surface area contributed by atoms with Gasteiger partial charge in [-0.3, -0.25) is 29.7 Å². The molecule has 6 N–H and O–H groups in total. The van der Waals surface area contributed by atoms with Gasteiger partial charge in [0.1, 0.15) is 23.9 Å². The molecule has 100 heavy (non-hydrogen) atoms. The number of nitrogens with one attached hydrogen (secondary N) is 3. The predicted molar refractivity (Wildman–Crippen MR) is 366 cm³/mol. The number of thiazole rings is 3. The van der Waals surface area contributed by atoms with E-state index in [0.29, 0.717) is 80.7 Å². The SMILES string of the molecule is CCOC(=O)C1=C(CN2CC(F)(F)C[C@H]2CO)NC(c2nccs2)=N[C@H]1c1ccc(Cl)cc1Cl.COC(=O)C1=C(CN2CC(F)(F)C[C@H]2CO)NC(c2nccs2)=N[C@H]1c1ccc(Cl)cc1Cl.COC(=O)C1=C(CN2CC(F)(F)C[C@H]2CO)NC(c2nccs2)=N[C@H]1c1ccc(F)cc1Cl. The fourth-order valence-electron chi connectivity index (χ4n) is 12.1. The number of rotatable bonds is 19. The van der Waals surface area contributed by atoms with E-state index in [4.69, 9.17) is 77.2 Å². The standard InChI is InChI=1S/C22H22Cl2F2N4O3S.C21H20Cl2F2N4O3S.C21H20ClF3N4O3S/c1-2-33-21(32)17-16(9-30-11-22(25,26)8-13(30)10-31)28-19(20-27-5-6-34-20)29-18(17)14-4-3-12(23)7-15(14)24;1-32-20(31)16-15(8-29-10-21(24,25)7-12(29)9-30)27-18(19-26-4-5-33-19)28-17(16)13-3-2-11(22)6-14(13)23;1-32-20(31)16-15(8-29-10-21(24,25)7-12(29)9-30)27-18(19-26-4-5-33-19)28-17(16)13-3-2-11(23)6-14(13)22/h3-7,13,18,31H,2,8-11H2,1H3,(H,28,29);2*2-6,12,17,30H,7-10H2,1H3,(H,27,28)/t13-,18-;2*12-,17-/m000/s1. The fourth-order valence-corrected chi connectivity index (χ4v) is 15.2. The predicted octanol–water partition coefficient (Wildman–Crippen LogP) is 10.9. The largest absolute Gasteiger partial charge is 0.466 e. The molecule has 3 saturated heterocycles. The van der Waals surface area contributed by atoms with E-state index in [2.05, 4.69) is 40.9 Å². The Morgan fingerprint density at radius 2 is 0.840 bits per heavy atom. The molecule has 0 spiro atoms. The van der Waals surface area contributed by atoms with Crippen LogP contribution in [0.1, 0.15) is 76.0 Å². The van der Waals surface area contributed by atoms with Crippen molar-refractivity contribution >= 4 is 127 Å². The molecule has 0 amide bonds. The molecule has 12 rings (SSSR count). The van der Waals surface area contributed by atoms with Gasteiger partial charge in [-0.25, -0.2) is 60.1 Å². The van der Waals surface area contributed by atoms with Crippen LogP contribution in [0.5, 0.6) is 0 Å². The van der Waals surface area contributed by atoms with E-state index in [0.717, 1.165) is 6.07 Å². The first-order chi connectivity index (χ1) is 47.7. The Morgan fingerprint density at radius 1 is 0.520 bits per heavy atom. The highest BCUT2D eigenvalue weighted by molar-refractivity contribution is 7.12. The summed E-state index contributed by atoms with van der Waals surface area (Å²) in [6.07, 6.45) is 3.37. The summed E-state index contributed by atoms with van der Waals surface area (Å²) in [7, 11) is 2.42. The highest BCUT2D eigenvalue weighted by atomic mass is 35.5. The first-order valence-corrected chi connectivity index (χ1v) is 35.0. The van der Waals surface area contributed by atoms with Crippen LogP contribution in [0.2, 0.25) is 25.1 Å². The molecular formula is C64H62Cl5F7N12O9S3. The minimum Gasteiger partial charge on any atom is -0.466 e. The number of hydrogen-bond acceptors (Lipinski definition) is 24. The lowest BCUT2D eigenvalue weighted by molar-refractivity contribution is -0.139. The van der Waals surface area contributed by atoms with Crippen molar-refractivity contribution < 1.29 is 74.6 Å². The monoisotopic (exact) mass is 1550 g/mol. The van der Waals surface area contributed by atoms with E-state index in [1.54, 1.807) is 72.0 Å². The maximum atomic E-state index is 14.2. The molecule has 6 aliphatic heterocycles. The number of methoxy groups -OCH3 is 2. The number of likely N-dealkylation sites (tertiary alicyclic amines) is 3. The number of aliphatic hydroxyl groups is 3. The van der Waals surface area contributed by atoms with E-state index >= 15 is 0 Å². The molecule has 0 bridgehead atoms. The number of aliphatic hydroxyl groups excluding tert-OH is 3. The van der Waals surface area contributed by atoms with E-state index in [1.165, 1.54) is 81.1 Å². The number of amidine groups is 3. The minimum absolute atomic E-state index is 0.0471. The van der Waals surface area contributed by atoms with Crippen LogP contribution < -0.4 is 16.0 Å². The van der Waals surface area contributed by atoms with E-state index < -0.39 is 136 Å². The van der Waals surface area contributed by atoms with Crippen molar-refractivity contribution in [3.8, 4) is 0 Å². The lowest BCUT2D eigenvalue weighted by atomic mass is 9.95. The summed E-state index contributed by atoms with van der Waals surface area (Å²) in [4.78, 5) is 70.0. The van der Waals surface area contributed by atoms with Crippen LogP contribution in [0, 0.1) is 5.82 Å². The molecule has 6 aliphatic rings. The fraction of sp³-hybridized carbons (Fsp3) is 0.391. The van der Waals surface area contributed by atoms with Crippen LogP contribution >= 0.6 is 92.0 Å². The second-order valence-electron chi connectivity index (χ2n) is 23.3.